The number of nitrogens with one attached hydrogen (secondary N) is 3. The van der Waals surface area contributed by atoms with Gasteiger partial charge < -0.3 is 10.6 Å². The monoisotopic (exact) mass is 452 g/mol. The highest BCUT2D eigenvalue weighted by molar-refractivity contribution is 5.90. The molecular weight excluding hydrogens is 428 g/mol. The first-order valence-corrected chi connectivity index (χ1v) is 10.7. The number of hydroxylamine groups is 1. The number of aromatic nitrogens is 3. The van der Waals surface area contributed by atoms with Gasteiger partial charge in [-0.25, -0.2) is 15.4 Å². The summed E-state index contributed by atoms with van der Waals surface area (Å²) >= 11 is 0. The van der Waals surface area contributed by atoms with Crippen LogP contribution < -0.4 is 16.1 Å². The van der Waals surface area contributed by atoms with Crippen molar-refractivity contribution in [2.75, 3.05) is 10.6 Å². The highest BCUT2D eigenvalue weighted by Gasteiger charge is 2.06. The van der Waals surface area contributed by atoms with Crippen molar-refractivity contribution in [1.29, 1.82) is 0 Å². The Morgan fingerprint density at radius 3 is 2.68 bits per heavy atom. The summed E-state index contributed by atoms with van der Waals surface area (Å²) in [6, 6.07) is 19.6. The number of carbonyl (C=O) groups excluding carboxylic acids is 1. The van der Waals surface area contributed by atoms with Crippen molar-refractivity contribution in [3.8, 4) is 11.3 Å². The lowest BCUT2D eigenvalue weighted by atomic mass is 10.1. The van der Waals surface area contributed by atoms with Gasteiger partial charge in [0.05, 0.1) is 5.69 Å². The fourth-order valence-corrected chi connectivity index (χ4v) is 3.24. The summed E-state index contributed by atoms with van der Waals surface area (Å²) in [5, 5.41) is 15.3. The van der Waals surface area contributed by atoms with Gasteiger partial charge in [-0.15, -0.1) is 0 Å². The molecule has 4 rings (SSSR count). The zero-order chi connectivity index (χ0) is 23.8. The molecular formula is C26H24N6O2. The van der Waals surface area contributed by atoms with Crippen LogP contribution in [0.1, 0.15) is 16.7 Å². The molecule has 170 valence electrons. The van der Waals surface area contributed by atoms with Gasteiger partial charge >= 0.3 is 0 Å². The number of benzene rings is 2. The maximum absolute atomic E-state index is 11.1. The topological polar surface area (TPSA) is 112 Å². The number of hydrogen-bond donors (Lipinski definition) is 4. The van der Waals surface area contributed by atoms with Gasteiger partial charge in [0, 0.05) is 48.1 Å². The van der Waals surface area contributed by atoms with Crippen LogP contribution in [0.4, 0.5) is 17.3 Å². The van der Waals surface area contributed by atoms with Gasteiger partial charge in [0.1, 0.15) is 0 Å². The quantitative estimate of drug-likeness (QED) is 0.174. The van der Waals surface area contributed by atoms with Crippen molar-refractivity contribution in [2.24, 2.45) is 0 Å². The molecule has 0 aliphatic rings. The van der Waals surface area contributed by atoms with E-state index in [1.54, 1.807) is 30.1 Å². The number of nitrogens with zero attached hydrogens (tertiary/aromatic N) is 3. The van der Waals surface area contributed by atoms with Gasteiger partial charge in [0.15, 0.2) is 0 Å². The molecule has 0 fully saturated rings. The molecule has 2 aromatic heterocycles. The lowest BCUT2D eigenvalue weighted by molar-refractivity contribution is -0.124. The minimum Gasteiger partial charge on any atom is -0.381 e. The molecule has 8 heteroatoms. The van der Waals surface area contributed by atoms with E-state index in [4.69, 9.17) is 5.21 Å². The van der Waals surface area contributed by atoms with Crippen LogP contribution in [0, 0.1) is 6.92 Å². The minimum atomic E-state index is -0.566. The van der Waals surface area contributed by atoms with E-state index in [0.717, 1.165) is 39.3 Å². The van der Waals surface area contributed by atoms with Crippen LogP contribution >= 0.6 is 0 Å². The molecule has 4 aromatic rings. The maximum Gasteiger partial charge on any atom is 0.267 e. The third-order valence-electron chi connectivity index (χ3n) is 5.11. The molecule has 2 heterocycles. The Bertz CT molecular complexity index is 1290. The smallest absolute Gasteiger partial charge is 0.267 e. The number of anilines is 3. The van der Waals surface area contributed by atoms with E-state index in [0.29, 0.717) is 12.5 Å². The van der Waals surface area contributed by atoms with Crippen molar-refractivity contribution in [3.05, 3.63) is 102 Å². The summed E-state index contributed by atoms with van der Waals surface area (Å²) in [5.41, 5.74) is 8.19. The van der Waals surface area contributed by atoms with Crippen LogP contribution in [0.25, 0.3) is 17.3 Å². The molecule has 34 heavy (non-hydrogen) atoms. The van der Waals surface area contributed by atoms with Crippen LogP contribution in [-0.2, 0) is 11.3 Å². The molecule has 0 aliphatic heterocycles. The first-order valence-electron chi connectivity index (χ1n) is 10.7. The summed E-state index contributed by atoms with van der Waals surface area (Å²) in [4.78, 5) is 24.2. The predicted molar refractivity (Wildman–Crippen MR) is 132 cm³/mol. The fraction of sp³-hybridized carbons (Fsp3) is 0.0769. The number of rotatable bonds is 8. The number of hydrogen-bond acceptors (Lipinski definition) is 7. The second kappa shape index (κ2) is 10.8. The van der Waals surface area contributed by atoms with Crippen molar-refractivity contribution in [3.63, 3.8) is 0 Å². The number of amides is 1. The highest BCUT2D eigenvalue weighted by atomic mass is 16.5. The molecule has 2 aromatic carbocycles. The molecule has 0 bridgehead atoms. The van der Waals surface area contributed by atoms with Gasteiger partial charge in [-0.3, -0.25) is 15.0 Å². The Kier molecular flexibility index (Phi) is 7.22. The van der Waals surface area contributed by atoms with Crippen LogP contribution in [0.3, 0.4) is 0 Å². The summed E-state index contributed by atoms with van der Waals surface area (Å²) in [6.07, 6.45) is 8.13. The number of pyridine rings is 1. The van der Waals surface area contributed by atoms with E-state index < -0.39 is 5.91 Å². The number of aryl methyl sites for hydroxylation is 1. The normalized spacial score (nSPS) is 10.8. The standard InChI is InChI=1S/C26H24N6O2/c1-18-4-10-22(29-16-20-7-5-19(6-8-20)9-11-25(33)32-34)15-24(18)31-26-28-14-12-23(30-26)21-3-2-13-27-17-21/h2-15,17,29,34H,16H2,1H3,(H,32,33)(H,28,30,31)/b11-9+. The molecule has 0 saturated heterocycles. The molecule has 0 radical (unpaired) electrons. The van der Waals surface area contributed by atoms with Crippen LogP contribution in [0.2, 0.25) is 0 Å². The zero-order valence-corrected chi connectivity index (χ0v) is 18.6. The lowest BCUT2D eigenvalue weighted by Crippen LogP contribution is -2.14. The van der Waals surface area contributed by atoms with E-state index >= 15 is 0 Å². The summed E-state index contributed by atoms with van der Waals surface area (Å²) < 4.78 is 0. The molecule has 0 atom stereocenters. The Balaban J connectivity index is 1.42. The van der Waals surface area contributed by atoms with E-state index in [1.807, 2.05) is 67.6 Å². The van der Waals surface area contributed by atoms with Gasteiger partial charge in [-0.1, -0.05) is 30.3 Å². The largest absolute Gasteiger partial charge is 0.381 e. The molecule has 0 spiro atoms. The van der Waals surface area contributed by atoms with Crippen LogP contribution in [0.15, 0.2) is 85.3 Å². The maximum atomic E-state index is 11.1. The van der Waals surface area contributed by atoms with E-state index in [9.17, 15) is 4.79 Å². The first kappa shape index (κ1) is 22.6. The third-order valence-corrected chi connectivity index (χ3v) is 5.11. The lowest BCUT2D eigenvalue weighted by Gasteiger charge is -2.13. The molecule has 4 N–H and O–H groups in total. The second-order valence-corrected chi connectivity index (χ2v) is 7.57. The molecule has 0 unspecified atom stereocenters. The zero-order valence-electron chi connectivity index (χ0n) is 18.6. The third kappa shape index (κ3) is 6.02. The summed E-state index contributed by atoms with van der Waals surface area (Å²) in [7, 11) is 0. The Labute approximate surface area is 197 Å². The average molecular weight is 453 g/mol. The van der Waals surface area contributed by atoms with Crippen molar-refractivity contribution >= 4 is 29.3 Å². The molecule has 0 aliphatic carbocycles. The summed E-state index contributed by atoms with van der Waals surface area (Å²) in [5.74, 6) is -0.0520. The van der Waals surface area contributed by atoms with E-state index in [2.05, 4.69) is 25.6 Å². The van der Waals surface area contributed by atoms with Gasteiger partial charge in [0.25, 0.3) is 5.91 Å². The van der Waals surface area contributed by atoms with Gasteiger partial charge in [-0.2, -0.15) is 0 Å². The van der Waals surface area contributed by atoms with Gasteiger partial charge in [-0.05, 0) is 60.0 Å². The van der Waals surface area contributed by atoms with E-state index in [1.165, 1.54) is 6.08 Å². The van der Waals surface area contributed by atoms with Crippen molar-refractivity contribution in [1.82, 2.24) is 20.4 Å². The summed E-state index contributed by atoms with van der Waals surface area (Å²) in [6.45, 7) is 2.66. The Morgan fingerprint density at radius 1 is 1.06 bits per heavy atom. The van der Waals surface area contributed by atoms with Crippen molar-refractivity contribution in [2.45, 2.75) is 13.5 Å². The van der Waals surface area contributed by atoms with Crippen LogP contribution in [0.5, 0.6) is 0 Å². The fourth-order valence-electron chi connectivity index (χ4n) is 3.24. The number of carbonyl (C=O) groups is 1. The SMILES string of the molecule is Cc1ccc(NCc2ccc(/C=C/C(=O)NO)cc2)cc1Nc1nccc(-c2cccnc2)n1. The molecule has 8 nitrogen and oxygen atoms in total. The predicted octanol–water partition coefficient (Wildman–Crippen LogP) is 4.72. The van der Waals surface area contributed by atoms with Crippen LogP contribution in [-0.4, -0.2) is 26.1 Å². The highest BCUT2D eigenvalue weighted by Crippen LogP contribution is 2.24. The molecule has 0 saturated carbocycles. The first-order chi connectivity index (χ1) is 16.6. The average Bonchev–Trinajstić information content (AvgIpc) is 2.89. The van der Waals surface area contributed by atoms with E-state index in [-0.39, 0.29) is 0 Å². The van der Waals surface area contributed by atoms with Crippen molar-refractivity contribution < 1.29 is 10.0 Å². The molecule has 1 amide bonds. The van der Waals surface area contributed by atoms with Gasteiger partial charge in [0.2, 0.25) is 5.95 Å². The second-order valence-electron chi connectivity index (χ2n) is 7.57. The Hall–Kier alpha value is -4.56. The Morgan fingerprint density at radius 2 is 1.91 bits per heavy atom. The minimum absolute atomic E-state index is 0.514.